The van der Waals surface area contributed by atoms with Crippen LogP contribution in [0.25, 0.3) is 89.5 Å². The molecule has 0 saturated heterocycles. The van der Waals surface area contributed by atoms with Gasteiger partial charge in [-0.05, 0) is 92.4 Å². The first-order valence-electron chi connectivity index (χ1n) is 19.4. The average Bonchev–Trinajstić information content (AvgIpc) is 3.52. The quantitative estimate of drug-likeness (QED) is 0.162. The highest BCUT2D eigenvalue weighted by atomic mass is 32.3. The number of nitrogens with zero attached hydrogens (tertiary/aromatic N) is 2. The molecule has 2 nitrogen and oxygen atoms in total. The zero-order valence-corrected chi connectivity index (χ0v) is 32.7. The molecule has 0 amide bonds. The van der Waals surface area contributed by atoms with Crippen molar-refractivity contribution in [1.29, 1.82) is 0 Å². The fourth-order valence-electron chi connectivity index (χ4n) is 8.19. The zero-order chi connectivity index (χ0) is 38.3. The van der Waals surface area contributed by atoms with Gasteiger partial charge in [0.2, 0.25) is 0 Å². The Balaban J connectivity index is 1.04. The minimum atomic E-state index is -1.38. The molecule has 1 aliphatic heterocycles. The first-order chi connectivity index (χ1) is 28.0. The molecule has 272 valence electrons. The molecule has 0 radical (unpaired) electrons. The maximum absolute atomic E-state index is 5.49. The highest BCUT2D eigenvalue weighted by Gasteiger charge is 2.37. The number of benzene rings is 8. The molecule has 1 aromatic heterocycles. The van der Waals surface area contributed by atoms with Gasteiger partial charge in [-0.1, -0.05) is 182 Å². The van der Waals surface area contributed by atoms with Crippen molar-refractivity contribution < 1.29 is 0 Å². The van der Waals surface area contributed by atoms with E-state index >= 15 is 0 Å². The molecule has 10 rings (SSSR count). The summed E-state index contributed by atoms with van der Waals surface area (Å²) in [5.74, 6) is 0.739. The molecule has 57 heavy (non-hydrogen) atoms. The lowest BCUT2D eigenvalue weighted by atomic mass is 9.96. The van der Waals surface area contributed by atoms with E-state index in [9.17, 15) is 0 Å². The summed E-state index contributed by atoms with van der Waals surface area (Å²) in [6.07, 6.45) is 4.78. The van der Waals surface area contributed by atoms with Gasteiger partial charge in [-0.15, -0.1) is 0 Å². The standard InChI is InChI=1S/C54H40N2S/c1-57(2)50-25-10-9-24-49(50)52-53(57)51(47-22-12-19-44(35-47)42-32-28-40(29-33-42)38-16-7-4-8-17-38)55-54(56-52)48-23-13-21-46(36-48)45-20-11-18-43(34-45)41-30-26-39(27-31-41)37-14-5-3-6-15-37/h3-36H,1-2H3. The van der Waals surface area contributed by atoms with Gasteiger partial charge in [-0.3, -0.25) is 0 Å². The van der Waals surface area contributed by atoms with Crippen LogP contribution in [0.1, 0.15) is 0 Å². The number of fused-ring (bicyclic) bond motifs is 3. The van der Waals surface area contributed by atoms with Crippen LogP contribution in [0.2, 0.25) is 0 Å². The van der Waals surface area contributed by atoms with Crippen molar-refractivity contribution in [2.75, 3.05) is 12.5 Å². The molecule has 3 heteroatoms. The van der Waals surface area contributed by atoms with Crippen molar-refractivity contribution in [1.82, 2.24) is 9.97 Å². The highest BCUT2D eigenvalue weighted by molar-refractivity contribution is 8.33. The summed E-state index contributed by atoms with van der Waals surface area (Å²) in [5.41, 5.74) is 17.3. The number of aromatic nitrogens is 2. The van der Waals surface area contributed by atoms with E-state index in [4.69, 9.17) is 9.97 Å². The second-order valence-electron chi connectivity index (χ2n) is 15.0. The summed E-state index contributed by atoms with van der Waals surface area (Å²) in [6.45, 7) is 0. The van der Waals surface area contributed by atoms with Gasteiger partial charge in [-0.25, -0.2) is 9.97 Å². The van der Waals surface area contributed by atoms with Crippen LogP contribution in [0, 0.1) is 0 Å². The van der Waals surface area contributed by atoms with Crippen LogP contribution in [0.3, 0.4) is 0 Å². The smallest absolute Gasteiger partial charge is 0.160 e. The Morgan fingerprint density at radius 3 is 1.19 bits per heavy atom. The van der Waals surface area contributed by atoms with Crippen molar-refractivity contribution in [3.05, 3.63) is 206 Å². The molecule has 0 N–H and O–H groups in total. The Morgan fingerprint density at radius 2 is 0.649 bits per heavy atom. The minimum Gasteiger partial charge on any atom is -0.227 e. The van der Waals surface area contributed by atoms with E-state index in [1.807, 2.05) is 0 Å². The van der Waals surface area contributed by atoms with Gasteiger partial charge in [-0.2, -0.15) is 10.0 Å². The maximum Gasteiger partial charge on any atom is 0.160 e. The van der Waals surface area contributed by atoms with Crippen LogP contribution < -0.4 is 0 Å². The van der Waals surface area contributed by atoms with Crippen molar-refractivity contribution >= 4 is 10.0 Å². The van der Waals surface area contributed by atoms with Crippen molar-refractivity contribution in [3.63, 3.8) is 0 Å². The average molecular weight is 749 g/mol. The van der Waals surface area contributed by atoms with Gasteiger partial charge >= 0.3 is 0 Å². The van der Waals surface area contributed by atoms with Gasteiger partial charge in [0.25, 0.3) is 0 Å². The Morgan fingerprint density at radius 1 is 0.298 bits per heavy atom. The lowest BCUT2D eigenvalue weighted by molar-refractivity contribution is 1.12. The zero-order valence-electron chi connectivity index (χ0n) is 31.9. The fourth-order valence-corrected chi connectivity index (χ4v) is 10.8. The van der Waals surface area contributed by atoms with Gasteiger partial charge in [0, 0.05) is 26.5 Å². The SMILES string of the molecule is CS1(C)c2ccccc2-c2nc(-c3cccc(-c4cccc(-c5ccc(-c6ccccc6)cc5)c4)c3)nc(-c3cccc(-c4ccc(-c5ccccc5)cc4)c3)c21. The summed E-state index contributed by atoms with van der Waals surface area (Å²) in [7, 11) is -1.38. The summed E-state index contributed by atoms with van der Waals surface area (Å²) in [4.78, 5) is 13.5. The maximum atomic E-state index is 5.49. The van der Waals surface area contributed by atoms with Gasteiger partial charge < -0.3 is 0 Å². The summed E-state index contributed by atoms with van der Waals surface area (Å²) >= 11 is 0. The lowest BCUT2D eigenvalue weighted by Crippen LogP contribution is -2.02. The van der Waals surface area contributed by atoms with Crippen LogP contribution in [0.15, 0.2) is 216 Å². The molecule has 0 bridgehead atoms. The third kappa shape index (κ3) is 6.46. The molecule has 0 spiro atoms. The largest absolute Gasteiger partial charge is 0.227 e. The second-order valence-corrected chi connectivity index (χ2v) is 18.5. The van der Waals surface area contributed by atoms with E-state index in [0.717, 1.165) is 39.5 Å². The number of hydrogen-bond acceptors (Lipinski definition) is 2. The first kappa shape index (κ1) is 34.7. The molecule has 8 aromatic carbocycles. The number of rotatable bonds is 7. The first-order valence-corrected chi connectivity index (χ1v) is 21.8. The van der Waals surface area contributed by atoms with Crippen molar-refractivity contribution in [2.24, 2.45) is 0 Å². The number of hydrogen-bond donors (Lipinski definition) is 0. The predicted octanol–water partition coefficient (Wildman–Crippen LogP) is 14.6. The Labute approximate surface area is 336 Å². The molecule has 0 saturated carbocycles. The summed E-state index contributed by atoms with van der Waals surface area (Å²) < 4.78 is 0. The predicted molar refractivity (Wildman–Crippen MR) is 241 cm³/mol. The molecule has 0 unspecified atom stereocenters. The van der Waals surface area contributed by atoms with Crippen LogP contribution >= 0.6 is 10.0 Å². The Bertz CT molecular complexity index is 2900. The molecule has 2 heterocycles. The van der Waals surface area contributed by atoms with E-state index in [1.54, 1.807) is 0 Å². The molecule has 0 aliphatic carbocycles. The molecule has 9 aromatic rings. The molecule has 0 atom stereocenters. The van der Waals surface area contributed by atoms with Crippen LogP contribution in [-0.4, -0.2) is 22.5 Å². The van der Waals surface area contributed by atoms with E-state index in [-0.39, 0.29) is 0 Å². The third-order valence-corrected chi connectivity index (χ3v) is 14.0. The van der Waals surface area contributed by atoms with Gasteiger partial charge in [0.1, 0.15) is 0 Å². The van der Waals surface area contributed by atoms with Crippen molar-refractivity contribution in [2.45, 2.75) is 9.79 Å². The Hall–Kier alpha value is -6.81. The normalized spacial score (nSPS) is 13.1. The monoisotopic (exact) mass is 748 g/mol. The highest BCUT2D eigenvalue weighted by Crippen LogP contribution is 2.68. The molecular weight excluding hydrogens is 709 g/mol. The minimum absolute atomic E-state index is 0.739. The van der Waals surface area contributed by atoms with Gasteiger partial charge in [0.05, 0.1) is 11.4 Å². The van der Waals surface area contributed by atoms with Crippen molar-refractivity contribution in [3.8, 4) is 89.5 Å². The van der Waals surface area contributed by atoms with E-state index in [0.29, 0.717) is 0 Å². The summed E-state index contributed by atoms with van der Waals surface area (Å²) in [5, 5.41) is 0. The van der Waals surface area contributed by atoms with Crippen LogP contribution in [0.4, 0.5) is 0 Å². The Kier molecular flexibility index (Phi) is 8.73. The topological polar surface area (TPSA) is 25.8 Å². The van der Waals surface area contributed by atoms with Crippen LogP contribution in [0.5, 0.6) is 0 Å². The van der Waals surface area contributed by atoms with E-state index < -0.39 is 10.0 Å². The molecule has 1 aliphatic rings. The lowest BCUT2D eigenvalue weighted by Gasteiger charge is -2.29. The van der Waals surface area contributed by atoms with E-state index in [2.05, 4.69) is 219 Å². The molecule has 0 fully saturated rings. The van der Waals surface area contributed by atoms with Gasteiger partial charge in [0.15, 0.2) is 5.82 Å². The molecular formula is C54H40N2S. The van der Waals surface area contributed by atoms with E-state index in [1.165, 1.54) is 59.9 Å². The van der Waals surface area contributed by atoms with Crippen LogP contribution in [-0.2, 0) is 0 Å². The third-order valence-electron chi connectivity index (χ3n) is 11.2. The summed E-state index contributed by atoms with van der Waals surface area (Å²) in [6, 6.07) is 74.0. The fraction of sp³-hybridized carbons (Fsp3) is 0.0370. The second kappa shape index (κ2) is 14.4.